The van der Waals surface area contributed by atoms with E-state index >= 15 is 0 Å². The van der Waals surface area contributed by atoms with Gasteiger partial charge < -0.3 is 0 Å². The van der Waals surface area contributed by atoms with E-state index in [0.29, 0.717) is 20.6 Å². The van der Waals surface area contributed by atoms with E-state index < -0.39 is 0 Å². The van der Waals surface area contributed by atoms with Crippen LogP contribution in [0.15, 0.2) is 11.4 Å². The summed E-state index contributed by atoms with van der Waals surface area (Å²) in [6, 6.07) is 1.90. The van der Waals surface area contributed by atoms with E-state index in [0.717, 1.165) is 5.56 Å². The zero-order valence-electron chi connectivity index (χ0n) is 10.2. The number of aryl methyl sites for hydroxylation is 2. The molecule has 6 heteroatoms. The van der Waals surface area contributed by atoms with E-state index in [1.54, 1.807) is 6.92 Å². The van der Waals surface area contributed by atoms with Crippen molar-refractivity contribution < 1.29 is 9.59 Å². The second-order valence-electron chi connectivity index (χ2n) is 3.88. The first-order valence-electron chi connectivity index (χ1n) is 5.33. The Balaban J connectivity index is 2.20. The van der Waals surface area contributed by atoms with Gasteiger partial charge in [0.1, 0.15) is 0 Å². The predicted molar refractivity (Wildman–Crippen MR) is 73.9 cm³/mol. The van der Waals surface area contributed by atoms with Crippen LogP contribution in [0.25, 0.3) is 0 Å². The van der Waals surface area contributed by atoms with Crippen LogP contribution in [-0.4, -0.2) is 16.7 Å². The monoisotopic (exact) mass is 280 g/mol. The highest BCUT2D eigenvalue weighted by Gasteiger charge is 2.15. The Kier molecular flexibility index (Phi) is 3.58. The van der Waals surface area contributed by atoms with Crippen LogP contribution >= 0.6 is 22.7 Å². The number of carbonyl (C=O) groups is 2. The maximum absolute atomic E-state index is 12.0. The highest BCUT2D eigenvalue weighted by Crippen LogP contribution is 2.24. The van der Waals surface area contributed by atoms with Gasteiger partial charge in [0.15, 0.2) is 10.9 Å². The smallest absolute Gasteiger partial charge is 0.267 e. The number of thiazole rings is 1. The SMILES string of the molecule is CC(=O)c1sc(NC(=O)c2sccc2C)nc1C. The molecule has 0 atom stereocenters. The minimum atomic E-state index is -0.175. The molecule has 0 saturated carbocycles. The molecule has 2 aromatic rings. The summed E-state index contributed by atoms with van der Waals surface area (Å²) < 4.78 is 0. The van der Waals surface area contributed by atoms with Crippen molar-refractivity contribution in [2.75, 3.05) is 5.32 Å². The summed E-state index contributed by atoms with van der Waals surface area (Å²) in [6.07, 6.45) is 0. The van der Waals surface area contributed by atoms with Crippen LogP contribution in [0, 0.1) is 13.8 Å². The number of hydrogen-bond acceptors (Lipinski definition) is 5. The van der Waals surface area contributed by atoms with Gasteiger partial charge in [0.2, 0.25) is 0 Å². The fourth-order valence-electron chi connectivity index (χ4n) is 1.54. The fourth-order valence-corrected chi connectivity index (χ4v) is 3.21. The van der Waals surface area contributed by atoms with E-state index in [1.807, 2.05) is 18.4 Å². The number of thiophene rings is 1. The lowest BCUT2D eigenvalue weighted by Gasteiger charge is -1.99. The lowest BCUT2D eigenvalue weighted by atomic mass is 10.3. The van der Waals surface area contributed by atoms with Gasteiger partial charge in [0, 0.05) is 6.92 Å². The number of hydrogen-bond donors (Lipinski definition) is 1. The fraction of sp³-hybridized carbons (Fsp3) is 0.250. The molecule has 0 aliphatic carbocycles. The quantitative estimate of drug-likeness (QED) is 0.878. The average molecular weight is 280 g/mol. The molecule has 0 spiro atoms. The Morgan fingerprint density at radius 3 is 2.50 bits per heavy atom. The van der Waals surface area contributed by atoms with Crippen LogP contribution in [0.2, 0.25) is 0 Å². The molecule has 0 aliphatic heterocycles. The van der Waals surface area contributed by atoms with E-state index in [1.165, 1.54) is 29.6 Å². The average Bonchev–Trinajstić information content (AvgIpc) is 2.84. The number of nitrogens with zero attached hydrogens (tertiary/aromatic N) is 1. The van der Waals surface area contributed by atoms with Gasteiger partial charge in [0.25, 0.3) is 5.91 Å². The van der Waals surface area contributed by atoms with E-state index in [4.69, 9.17) is 0 Å². The summed E-state index contributed by atoms with van der Waals surface area (Å²) >= 11 is 2.60. The zero-order chi connectivity index (χ0) is 13.3. The summed E-state index contributed by atoms with van der Waals surface area (Å²) in [5, 5.41) is 5.07. The number of anilines is 1. The Hall–Kier alpha value is -1.53. The van der Waals surface area contributed by atoms with Gasteiger partial charge in [-0.05, 0) is 30.9 Å². The molecule has 0 bridgehead atoms. The molecule has 2 heterocycles. The third-order valence-electron chi connectivity index (χ3n) is 2.41. The van der Waals surface area contributed by atoms with Crippen molar-refractivity contribution >= 4 is 39.5 Å². The van der Waals surface area contributed by atoms with Crippen molar-refractivity contribution in [2.24, 2.45) is 0 Å². The minimum absolute atomic E-state index is 0.0298. The van der Waals surface area contributed by atoms with Crippen molar-refractivity contribution in [3.05, 3.63) is 32.5 Å². The standard InChI is InChI=1S/C12H12N2O2S2/c1-6-4-5-17-9(6)11(16)14-12-13-7(2)10(18-12)8(3)15/h4-5H,1-3H3,(H,13,14,16). The van der Waals surface area contributed by atoms with Crippen molar-refractivity contribution in [1.82, 2.24) is 4.98 Å². The number of carbonyl (C=O) groups excluding carboxylic acids is 2. The number of aromatic nitrogens is 1. The molecule has 18 heavy (non-hydrogen) atoms. The maximum atomic E-state index is 12.0. The van der Waals surface area contributed by atoms with E-state index in [9.17, 15) is 9.59 Å². The molecule has 0 aliphatic rings. The second kappa shape index (κ2) is 4.99. The third-order valence-corrected chi connectivity index (χ3v) is 4.59. The minimum Gasteiger partial charge on any atom is -0.297 e. The maximum Gasteiger partial charge on any atom is 0.267 e. The summed E-state index contributed by atoms with van der Waals surface area (Å²) in [5.41, 5.74) is 1.60. The molecule has 0 fully saturated rings. The van der Waals surface area contributed by atoms with Crippen LogP contribution in [-0.2, 0) is 0 Å². The molecule has 0 unspecified atom stereocenters. The molecule has 1 amide bonds. The van der Waals surface area contributed by atoms with Crippen molar-refractivity contribution in [1.29, 1.82) is 0 Å². The molecule has 1 N–H and O–H groups in total. The van der Waals surface area contributed by atoms with Crippen LogP contribution in [0.4, 0.5) is 5.13 Å². The van der Waals surface area contributed by atoms with E-state index in [-0.39, 0.29) is 11.7 Å². The molecule has 0 saturated heterocycles. The largest absolute Gasteiger partial charge is 0.297 e. The van der Waals surface area contributed by atoms with Crippen LogP contribution in [0.3, 0.4) is 0 Å². The lowest BCUT2D eigenvalue weighted by Crippen LogP contribution is -2.10. The highest BCUT2D eigenvalue weighted by atomic mass is 32.1. The Labute approximate surface area is 113 Å². The first-order chi connectivity index (χ1) is 8.49. The van der Waals surface area contributed by atoms with Crippen LogP contribution in [0.5, 0.6) is 0 Å². The highest BCUT2D eigenvalue weighted by molar-refractivity contribution is 7.18. The van der Waals surface area contributed by atoms with Gasteiger partial charge in [-0.1, -0.05) is 11.3 Å². The molecular weight excluding hydrogens is 268 g/mol. The summed E-state index contributed by atoms with van der Waals surface area (Å²) in [5.74, 6) is -0.204. The zero-order valence-corrected chi connectivity index (χ0v) is 11.9. The molecule has 2 aromatic heterocycles. The number of Topliss-reactive ketones (excluding diaryl/α,β-unsaturated/α-hetero) is 1. The molecular formula is C12H12N2O2S2. The van der Waals surface area contributed by atoms with Gasteiger partial charge in [-0.3, -0.25) is 14.9 Å². The normalized spacial score (nSPS) is 10.4. The predicted octanol–water partition coefficient (Wildman–Crippen LogP) is 3.28. The Morgan fingerprint density at radius 2 is 2.00 bits per heavy atom. The van der Waals surface area contributed by atoms with Gasteiger partial charge in [-0.15, -0.1) is 11.3 Å². The first-order valence-corrected chi connectivity index (χ1v) is 7.02. The van der Waals surface area contributed by atoms with Crippen LogP contribution < -0.4 is 5.32 Å². The van der Waals surface area contributed by atoms with Gasteiger partial charge in [-0.2, -0.15) is 0 Å². The molecule has 2 rings (SSSR count). The third kappa shape index (κ3) is 2.49. The molecule has 4 nitrogen and oxygen atoms in total. The number of ketones is 1. The summed E-state index contributed by atoms with van der Waals surface area (Å²) in [6.45, 7) is 5.15. The molecule has 0 radical (unpaired) electrons. The number of rotatable bonds is 3. The van der Waals surface area contributed by atoms with Gasteiger partial charge in [0.05, 0.1) is 15.4 Å². The van der Waals surface area contributed by atoms with E-state index in [2.05, 4.69) is 10.3 Å². The number of amides is 1. The lowest BCUT2D eigenvalue weighted by molar-refractivity contribution is 0.101. The van der Waals surface area contributed by atoms with Gasteiger partial charge in [-0.25, -0.2) is 4.98 Å². The Morgan fingerprint density at radius 1 is 1.28 bits per heavy atom. The molecule has 0 aromatic carbocycles. The second-order valence-corrected chi connectivity index (χ2v) is 5.79. The Bertz CT molecular complexity index is 613. The van der Waals surface area contributed by atoms with Gasteiger partial charge >= 0.3 is 0 Å². The van der Waals surface area contributed by atoms with Crippen molar-refractivity contribution in [2.45, 2.75) is 20.8 Å². The first kappa shape index (κ1) is 12.9. The van der Waals surface area contributed by atoms with Crippen molar-refractivity contribution in [3.8, 4) is 0 Å². The number of nitrogens with one attached hydrogen (secondary N) is 1. The summed E-state index contributed by atoms with van der Waals surface area (Å²) in [4.78, 5) is 28.7. The molecule has 94 valence electrons. The van der Waals surface area contributed by atoms with Crippen molar-refractivity contribution in [3.63, 3.8) is 0 Å². The summed E-state index contributed by atoms with van der Waals surface area (Å²) in [7, 11) is 0. The topological polar surface area (TPSA) is 59.1 Å². The van der Waals surface area contributed by atoms with Crippen LogP contribution in [0.1, 0.15) is 37.5 Å².